The molecule has 0 aromatic rings. The zero-order valence-electron chi connectivity index (χ0n) is 8.11. The Morgan fingerprint density at radius 3 is 2.42 bits per heavy atom. The molecule has 0 heterocycles. The van der Waals surface area contributed by atoms with Crippen LogP contribution >= 0.6 is 0 Å². The van der Waals surface area contributed by atoms with Crippen LogP contribution in [0.3, 0.4) is 0 Å². The van der Waals surface area contributed by atoms with Crippen LogP contribution in [0.25, 0.3) is 0 Å². The van der Waals surface area contributed by atoms with Crippen molar-refractivity contribution in [3.63, 3.8) is 0 Å². The first kappa shape index (κ1) is 11.2. The summed E-state index contributed by atoms with van der Waals surface area (Å²) in [6.45, 7) is 9.71. The molecule has 3 nitrogen and oxygen atoms in total. The molecular weight excluding hydrogens is 152 g/mol. The summed E-state index contributed by atoms with van der Waals surface area (Å²) in [7, 11) is 0. The molecule has 12 heavy (non-hydrogen) atoms. The van der Waals surface area contributed by atoms with Crippen molar-refractivity contribution in [3.8, 4) is 0 Å². The highest BCUT2D eigenvalue weighted by molar-refractivity contribution is 5.92. The lowest BCUT2D eigenvalue weighted by atomic mass is 10.0. The Labute approximate surface area is 74.0 Å². The Morgan fingerprint density at radius 1 is 1.58 bits per heavy atom. The summed E-state index contributed by atoms with van der Waals surface area (Å²) < 4.78 is 0. The Morgan fingerprint density at radius 2 is 2.08 bits per heavy atom. The number of rotatable bonds is 4. The fourth-order valence-corrected chi connectivity index (χ4v) is 0.837. The maximum atomic E-state index is 11.2. The molecule has 0 saturated carbocycles. The molecule has 1 amide bonds. The average Bonchev–Trinajstić information content (AvgIpc) is 1.85. The summed E-state index contributed by atoms with van der Waals surface area (Å²) in [6, 6.07) is 0. The lowest BCUT2D eigenvalue weighted by Crippen LogP contribution is -2.44. The standard InChI is InChI=1S/C9H18N2O/c1-7(2)8(12)11-9(3,4)5-6-10/h1,5-6,10H2,2-4H3,(H,11,12). The summed E-state index contributed by atoms with van der Waals surface area (Å²) in [5.74, 6) is -0.103. The first-order valence-electron chi connectivity index (χ1n) is 4.07. The first-order valence-corrected chi connectivity index (χ1v) is 4.07. The molecule has 0 spiro atoms. The van der Waals surface area contributed by atoms with Crippen molar-refractivity contribution in [1.82, 2.24) is 5.32 Å². The van der Waals surface area contributed by atoms with E-state index < -0.39 is 0 Å². The third-order valence-corrected chi connectivity index (χ3v) is 1.61. The second kappa shape index (κ2) is 4.26. The number of nitrogens with two attached hydrogens (primary N) is 1. The molecule has 3 heteroatoms. The van der Waals surface area contributed by atoms with Crippen molar-refractivity contribution in [2.45, 2.75) is 32.7 Å². The fourth-order valence-electron chi connectivity index (χ4n) is 0.837. The van der Waals surface area contributed by atoms with E-state index >= 15 is 0 Å². The number of carbonyl (C=O) groups is 1. The highest BCUT2D eigenvalue weighted by Crippen LogP contribution is 2.07. The van der Waals surface area contributed by atoms with Gasteiger partial charge in [0.15, 0.2) is 0 Å². The second-order valence-corrected chi connectivity index (χ2v) is 3.66. The van der Waals surface area contributed by atoms with Crippen LogP contribution in [0.4, 0.5) is 0 Å². The van der Waals surface area contributed by atoms with Crippen LogP contribution in [-0.4, -0.2) is 18.0 Å². The summed E-state index contributed by atoms with van der Waals surface area (Å²) in [5, 5.41) is 2.84. The number of hydrogen-bond donors (Lipinski definition) is 2. The van der Waals surface area contributed by atoms with Crippen LogP contribution in [-0.2, 0) is 4.79 Å². The van der Waals surface area contributed by atoms with Crippen molar-refractivity contribution < 1.29 is 4.79 Å². The molecule has 0 aromatic heterocycles. The minimum atomic E-state index is -0.231. The van der Waals surface area contributed by atoms with Gasteiger partial charge in [-0.3, -0.25) is 4.79 Å². The van der Waals surface area contributed by atoms with Gasteiger partial charge in [-0.2, -0.15) is 0 Å². The Bertz CT molecular complexity index is 185. The normalized spacial score (nSPS) is 11.0. The molecule has 0 radical (unpaired) electrons. The number of amides is 1. The molecule has 0 aromatic carbocycles. The van der Waals surface area contributed by atoms with Crippen LogP contribution in [0.5, 0.6) is 0 Å². The van der Waals surface area contributed by atoms with Gasteiger partial charge in [0.25, 0.3) is 0 Å². The van der Waals surface area contributed by atoms with Crippen molar-refractivity contribution in [2.24, 2.45) is 5.73 Å². The topological polar surface area (TPSA) is 55.1 Å². The molecule has 0 unspecified atom stereocenters. The summed E-state index contributed by atoms with van der Waals surface area (Å²) in [5.41, 5.74) is 5.69. The molecule has 0 aliphatic heterocycles. The maximum absolute atomic E-state index is 11.2. The summed E-state index contributed by atoms with van der Waals surface area (Å²) >= 11 is 0. The summed E-state index contributed by atoms with van der Waals surface area (Å²) in [6.07, 6.45) is 0.770. The van der Waals surface area contributed by atoms with Gasteiger partial charge >= 0.3 is 0 Å². The van der Waals surface area contributed by atoms with Gasteiger partial charge in [0.05, 0.1) is 0 Å². The Balaban J connectivity index is 4.05. The van der Waals surface area contributed by atoms with E-state index in [9.17, 15) is 4.79 Å². The van der Waals surface area contributed by atoms with Crippen LogP contribution in [0.15, 0.2) is 12.2 Å². The predicted molar refractivity (Wildman–Crippen MR) is 50.7 cm³/mol. The zero-order chi connectivity index (χ0) is 9.78. The quantitative estimate of drug-likeness (QED) is 0.613. The first-order chi connectivity index (χ1) is 5.39. The minimum absolute atomic E-state index is 0.103. The van der Waals surface area contributed by atoms with Crippen molar-refractivity contribution in [1.29, 1.82) is 0 Å². The summed E-state index contributed by atoms with van der Waals surface area (Å²) in [4.78, 5) is 11.2. The third-order valence-electron chi connectivity index (χ3n) is 1.61. The SMILES string of the molecule is C=C(C)C(=O)NC(C)(C)CCN. The van der Waals surface area contributed by atoms with E-state index in [1.54, 1.807) is 6.92 Å². The van der Waals surface area contributed by atoms with Crippen LogP contribution in [0, 0.1) is 0 Å². The van der Waals surface area contributed by atoms with Gasteiger partial charge in [0.2, 0.25) is 5.91 Å². The smallest absolute Gasteiger partial charge is 0.246 e. The third kappa shape index (κ3) is 4.13. The van der Waals surface area contributed by atoms with Crippen molar-refractivity contribution in [2.75, 3.05) is 6.54 Å². The van der Waals surface area contributed by atoms with E-state index in [2.05, 4.69) is 11.9 Å². The highest BCUT2D eigenvalue weighted by atomic mass is 16.1. The number of hydrogen-bond acceptors (Lipinski definition) is 2. The molecule has 0 atom stereocenters. The molecule has 0 saturated heterocycles. The fraction of sp³-hybridized carbons (Fsp3) is 0.667. The van der Waals surface area contributed by atoms with Crippen molar-refractivity contribution >= 4 is 5.91 Å². The molecule has 0 rings (SSSR count). The maximum Gasteiger partial charge on any atom is 0.246 e. The molecule has 0 bridgehead atoms. The predicted octanol–water partition coefficient (Wildman–Crippen LogP) is 0.806. The molecule has 0 aliphatic carbocycles. The van der Waals surface area contributed by atoms with E-state index in [4.69, 9.17) is 5.73 Å². The molecule has 70 valence electrons. The molecule has 0 aliphatic rings. The van der Waals surface area contributed by atoms with E-state index in [-0.39, 0.29) is 11.4 Å². The highest BCUT2D eigenvalue weighted by Gasteiger charge is 2.18. The molecule has 0 fully saturated rings. The van der Waals surface area contributed by atoms with Gasteiger partial charge in [-0.25, -0.2) is 0 Å². The minimum Gasteiger partial charge on any atom is -0.347 e. The lowest BCUT2D eigenvalue weighted by Gasteiger charge is -2.25. The van der Waals surface area contributed by atoms with Crippen LogP contribution in [0.2, 0.25) is 0 Å². The van der Waals surface area contributed by atoms with Gasteiger partial charge in [-0.05, 0) is 33.7 Å². The van der Waals surface area contributed by atoms with Gasteiger partial charge < -0.3 is 11.1 Å². The van der Waals surface area contributed by atoms with Crippen molar-refractivity contribution in [3.05, 3.63) is 12.2 Å². The van der Waals surface area contributed by atoms with Crippen LogP contribution in [0.1, 0.15) is 27.2 Å². The van der Waals surface area contributed by atoms with Gasteiger partial charge in [-0.1, -0.05) is 6.58 Å². The number of carbonyl (C=O) groups excluding carboxylic acids is 1. The second-order valence-electron chi connectivity index (χ2n) is 3.66. The zero-order valence-corrected chi connectivity index (χ0v) is 8.11. The van der Waals surface area contributed by atoms with Gasteiger partial charge in [0.1, 0.15) is 0 Å². The molecule has 3 N–H and O–H groups in total. The van der Waals surface area contributed by atoms with E-state index in [0.29, 0.717) is 12.1 Å². The number of nitrogens with one attached hydrogen (secondary N) is 1. The lowest BCUT2D eigenvalue weighted by molar-refractivity contribution is -0.119. The van der Waals surface area contributed by atoms with Gasteiger partial charge in [0, 0.05) is 11.1 Å². The monoisotopic (exact) mass is 170 g/mol. The largest absolute Gasteiger partial charge is 0.347 e. The van der Waals surface area contributed by atoms with Crippen LogP contribution < -0.4 is 11.1 Å². The average molecular weight is 170 g/mol. The van der Waals surface area contributed by atoms with E-state index in [0.717, 1.165) is 6.42 Å². The Hall–Kier alpha value is -0.830. The Kier molecular flexibility index (Phi) is 3.96. The van der Waals surface area contributed by atoms with Gasteiger partial charge in [-0.15, -0.1) is 0 Å². The molecular formula is C9H18N2O. The van der Waals surface area contributed by atoms with E-state index in [1.165, 1.54) is 0 Å². The van der Waals surface area contributed by atoms with E-state index in [1.807, 2.05) is 13.8 Å².